The third kappa shape index (κ3) is 4.04. The zero-order chi connectivity index (χ0) is 12.2. The van der Waals surface area contributed by atoms with Gasteiger partial charge in [0.1, 0.15) is 0 Å². The Hall–Kier alpha value is -0.120. The minimum atomic E-state index is -0.0172. The van der Waals surface area contributed by atoms with Crippen LogP contribution in [-0.2, 0) is 4.74 Å². The normalized spacial score (nSPS) is 28.3. The first kappa shape index (κ1) is 13.9. The van der Waals surface area contributed by atoms with Crippen molar-refractivity contribution in [3.8, 4) is 0 Å². The molecule has 1 heterocycles. The molecule has 0 aromatic rings. The van der Waals surface area contributed by atoms with Crippen molar-refractivity contribution in [2.24, 2.45) is 0 Å². The first-order valence-electron chi connectivity index (χ1n) is 6.47. The molecular weight excluding hydrogens is 200 g/mol. The summed E-state index contributed by atoms with van der Waals surface area (Å²) in [5, 5.41) is 3.48. The van der Waals surface area contributed by atoms with Crippen molar-refractivity contribution in [2.45, 2.75) is 52.2 Å². The maximum atomic E-state index is 5.81. The van der Waals surface area contributed by atoms with Crippen LogP contribution in [0.5, 0.6) is 0 Å². The van der Waals surface area contributed by atoms with Gasteiger partial charge in [0.2, 0.25) is 0 Å². The van der Waals surface area contributed by atoms with Gasteiger partial charge in [-0.1, -0.05) is 6.92 Å². The predicted octanol–water partition coefficient (Wildman–Crippen LogP) is 1.88. The largest absolute Gasteiger partial charge is 0.375 e. The molecule has 1 aliphatic heterocycles. The van der Waals surface area contributed by atoms with Crippen molar-refractivity contribution in [3.63, 3.8) is 0 Å². The Morgan fingerprint density at radius 2 is 2.06 bits per heavy atom. The van der Waals surface area contributed by atoms with Crippen molar-refractivity contribution in [1.82, 2.24) is 10.2 Å². The Balaban J connectivity index is 2.39. The van der Waals surface area contributed by atoms with Gasteiger partial charge in [-0.25, -0.2) is 0 Å². The number of rotatable bonds is 4. The highest BCUT2D eigenvalue weighted by atomic mass is 16.5. The molecule has 0 spiro atoms. The van der Waals surface area contributed by atoms with E-state index in [0.717, 1.165) is 32.8 Å². The highest BCUT2D eigenvalue weighted by molar-refractivity contribution is 4.91. The molecule has 0 saturated carbocycles. The van der Waals surface area contributed by atoms with Gasteiger partial charge in [0.05, 0.1) is 12.2 Å². The van der Waals surface area contributed by atoms with E-state index in [9.17, 15) is 0 Å². The first-order chi connectivity index (χ1) is 7.37. The summed E-state index contributed by atoms with van der Waals surface area (Å²) in [6, 6.07) is 0. The molecule has 1 atom stereocenters. The highest BCUT2D eigenvalue weighted by Gasteiger charge is 2.32. The summed E-state index contributed by atoms with van der Waals surface area (Å²) < 4.78 is 5.81. The van der Waals surface area contributed by atoms with Crippen molar-refractivity contribution in [3.05, 3.63) is 0 Å². The van der Waals surface area contributed by atoms with Crippen LogP contribution in [0.15, 0.2) is 0 Å². The molecule has 0 bridgehead atoms. The van der Waals surface area contributed by atoms with Gasteiger partial charge in [-0.2, -0.15) is 0 Å². The molecule has 1 N–H and O–H groups in total. The molecule has 1 unspecified atom stereocenters. The van der Waals surface area contributed by atoms with Crippen molar-refractivity contribution >= 4 is 0 Å². The van der Waals surface area contributed by atoms with Gasteiger partial charge in [0.15, 0.2) is 0 Å². The summed E-state index contributed by atoms with van der Waals surface area (Å²) in [5.41, 5.74) is 0.288. The number of nitrogens with one attached hydrogen (secondary N) is 1. The van der Waals surface area contributed by atoms with E-state index >= 15 is 0 Å². The average Bonchev–Trinajstić information content (AvgIpc) is 2.19. The molecule has 3 nitrogen and oxygen atoms in total. The Labute approximate surface area is 101 Å². The standard InChI is InChI=1S/C13H28N2O/c1-6-13(5)11-14-7-8-15(13)9-10-16-12(2,3)4/h14H,6-11H2,1-5H3. The molecule has 0 radical (unpaired) electrons. The molecule has 0 aromatic carbocycles. The molecule has 1 aliphatic rings. The van der Waals surface area contributed by atoms with E-state index in [1.165, 1.54) is 6.42 Å². The van der Waals surface area contributed by atoms with E-state index < -0.39 is 0 Å². The van der Waals surface area contributed by atoms with Gasteiger partial charge >= 0.3 is 0 Å². The monoisotopic (exact) mass is 228 g/mol. The zero-order valence-electron chi connectivity index (χ0n) is 11.6. The van der Waals surface area contributed by atoms with Crippen LogP contribution in [0.3, 0.4) is 0 Å². The second kappa shape index (κ2) is 5.48. The van der Waals surface area contributed by atoms with E-state index in [-0.39, 0.29) is 5.60 Å². The van der Waals surface area contributed by atoms with Crippen LogP contribution in [0.2, 0.25) is 0 Å². The molecule has 16 heavy (non-hydrogen) atoms. The Bertz CT molecular complexity index is 212. The lowest BCUT2D eigenvalue weighted by Crippen LogP contribution is -2.60. The molecular formula is C13H28N2O. The van der Waals surface area contributed by atoms with Crippen LogP contribution in [0.4, 0.5) is 0 Å². The molecule has 0 aliphatic carbocycles. The lowest BCUT2D eigenvalue weighted by molar-refractivity contribution is -0.0323. The molecule has 1 fully saturated rings. The van der Waals surface area contributed by atoms with E-state index in [0.29, 0.717) is 5.54 Å². The number of ether oxygens (including phenoxy) is 1. The number of hydrogen-bond donors (Lipinski definition) is 1. The van der Waals surface area contributed by atoms with E-state index in [2.05, 4.69) is 44.8 Å². The van der Waals surface area contributed by atoms with Gasteiger partial charge in [0, 0.05) is 31.7 Å². The van der Waals surface area contributed by atoms with Gasteiger partial charge in [-0.05, 0) is 34.1 Å². The fourth-order valence-corrected chi connectivity index (χ4v) is 2.15. The van der Waals surface area contributed by atoms with Gasteiger partial charge in [0.25, 0.3) is 0 Å². The van der Waals surface area contributed by atoms with Crippen LogP contribution in [0.25, 0.3) is 0 Å². The Morgan fingerprint density at radius 1 is 1.38 bits per heavy atom. The first-order valence-corrected chi connectivity index (χ1v) is 6.47. The summed E-state index contributed by atoms with van der Waals surface area (Å²) in [6.45, 7) is 16.2. The zero-order valence-corrected chi connectivity index (χ0v) is 11.6. The summed E-state index contributed by atoms with van der Waals surface area (Å²) in [4.78, 5) is 2.56. The predicted molar refractivity (Wildman–Crippen MR) is 68.8 cm³/mol. The quantitative estimate of drug-likeness (QED) is 0.795. The highest BCUT2D eigenvalue weighted by Crippen LogP contribution is 2.20. The molecule has 0 aromatic heterocycles. The lowest BCUT2D eigenvalue weighted by atomic mass is 9.94. The Morgan fingerprint density at radius 3 is 2.62 bits per heavy atom. The minimum absolute atomic E-state index is 0.0172. The summed E-state index contributed by atoms with van der Waals surface area (Å²) in [7, 11) is 0. The van der Waals surface area contributed by atoms with Crippen LogP contribution in [0.1, 0.15) is 41.0 Å². The SMILES string of the molecule is CCC1(C)CNCCN1CCOC(C)(C)C. The molecule has 96 valence electrons. The van der Waals surface area contributed by atoms with E-state index in [1.807, 2.05) is 0 Å². The third-order valence-corrected chi connectivity index (χ3v) is 3.49. The summed E-state index contributed by atoms with van der Waals surface area (Å²) in [6.07, 6.45) is 1.19. The maximum absolute atomic E-state index is 5.81. The average molecular weight is 228 g/mol. The second-order valence-corrected chi connectivity index (χ2v) is 5.98. The Kier molecular flexibility index (Phi) is 4.77. The summed E-state index contributed by atoms with van der Waals surface area (Å²) in [5.74, 6) is 0. The van der Waals surface area contributed by atoms with Gasteiger partial charge in [-0.3, -0.25) is 4.90 Å². The number of piperazine rings is 1. The smallest absolute Gasteiger partial charge is 0.0600 e. The van der Waals surface area contributed by atoms with Crippen molar-refractivity contribution < 1.29 is 4.74 Å². The fourth-order valence-electron chi connectivity index (χ4n) is 2.15. The third-order valence-electron chi connectivity index (χ3n) is 3.49. The lowest BCUT2D eigenvalue weighted by Gasteiger charge is -2.45. The molecule has 3 heteroatoms. The number of hydrogen-bond acceptors (Lipinski definition) is 3. The van der Waals surface area contributed by atoms with E-state index in [1.54, 1.807) is 0 Å². The van der Waals surface area contributed by atoms with Crippen molar-refractivity contribution in [2.75, 3.05) is 32.8 Å². The fraction of sp³-hybridized carbons (Fsp3) is 1.00. The second-order valence-electron chi connectivity index (χ2n) is 5.98. The summed E-state index contributed by atoms with van der Waals surface area (Å²) >= 11 is 0. The van der Waals surface area contributed by atoms with Crippen LogP contribution >= 0.6 is 0 Å². The van der Waals surface area contributed by atoms with E-state index in [4.69, 9.17) is 4.74 Å². The molecule has 1 rings (SSSR count). The number of nitrogens with zero attached hydrogens (tertiary/aromatic N) is 1. The van der Waals surface area contributed by atoms with Crippen LogP contribution in [0, 0.1) is 0 Å². The molecule has 1 saturated heterocycles. The van der Waals surface area contributed by atoms with Crippen LogP contribution in [-0.4, -0.2) is 48.8 Å². The van der Waals surface area contributed by atoms with Crippen molar-refractivity contribution in [1.29, 1.82) is 0 Å². The topological polar surface area (TPSA) is 24.5 Å². The van der Waals surface area contributed by atoms with Crippen LogP contribution < -0.4 is 5.32 Å². The van der Waals surface area contributed by atoms with Gasteiger partial charge in [-0.15, -0.1) is 0 Å². The minimum Gasteiger partial charge on any atom is -0.375 e. The maximum Gasteiger partial charge on any atom is 0.0600 e. The van der Waals surface area contributed by atoms with Gasteiger partial charge < -0.3 is 10.1 Å². The molecule has 0 amide bonds.